The lowest BCUT2D eigenvalue weighted by Crippen LogP contribution is -1.93. The van der Waals surface area contributed by atoms with Crippen molar-refractivity contribution in [2.45, 2.75) is 0 Å². The van der Waals surface area contributed by atoms with Crippen LogP contribution in [0.3, 0.4) is 0 Å². The maximum atomic E-state index is 6.94. The second kappa shape index (κ2) is 10.4. The summed E-state index contributed by atoms with van der Waals surface area (Å²) < 4.78 is 6.94. The van der Waals surface area contributed by atoms with Gasteiger partial charge in [-0.2, -0.15) is 0 Å². The van der Waals surface area contributed by atoms with Crippen molar-refractivity contribution in [2.75, 3.05) is 0 Å². The van der Waals surface area contributed by atoms with Crippen LogP contribution in [0.15, 0.2) is 133 Å². The van der Waals surface area contributed by atoms with Crippen LogP contribution in [0.2, 0.25) is 0 Å². The lowest BCUT2D eigenvalue weighted by molar-refractivity contribution is 0.492. The van der Waals surface area contributed by atoms with Gasteiger partial charge in [-0.25, -0.2) is 0 Å². The predicted octanol–water partition coefficient (Wildman–Crippen LogP) is 10.1. The number of benzene rings is 6. The average Bonchev–Trinajstić information content (AvgIpc) is 2.97. The van der Waals surface area contributed by atoms with Crippen LogP contribution in [0.25, 0.3) is 45.8 Å². The lowest BCUT2D eigenvalue weighted by Gasteiger charge is -2.16. The molecule has 0 heterocycles. The summed E-state index contributed by atoms with van der Waals surface area (Å²) in [7, 11) is 0. The third-order valence-corrected chi connectivity index (χ3v) is 6.53. The van der Waals surface area contributed by atoms with E-state index in [0.29, 0.717) is 0 Å². The molecule has 0 aliphatic carbocycles. The molecular formula is C36H26O. The van der Waals surface area contributed by atoms with Crippen molar-refractivity contribution in [3.05, 3.63) is 156 Å². The van der Waals surface area contributed by atoms with Gasteiger partial charge in [0.05, 0.1) is 0 Å². The first-order chi connectivity index (χ1) is 18.3. The topological polar surface area (TPSA) is 9.23 Å². The van der Waals surface area contributed by atoms with Crippen LogP contribution < -0.4 is 4.74 Å². The van der Waals surface area contributed by atoms with Gasteiger partial charge in [0.1, 0.15) is 11.5 Å². The summed E-state index contributed by atoms with van der Waals surface area (Å²) in [5.74, 6) is 1.71. The molecule has 6 aromatic rings. The summed E-state index contributed by atoms with van der Waals surface area (Å²) in [5, 5.41) is 4.47. The van der Waals surface area contributed by atoms with Crippen LogP contribution in [0, 0.1) is 0 Å². The molecule has 0 aliphatic heterocycles. The first-order valence-electron chi connectivity index (χ1n) is 12.5. The lowest BCUT2D eigenvalue weighted by atomic mass is 10.0. The first kappa shape index (κ1) is 22.6. The zero-order valence-corrected chi connectivity index (χ0v) is 20.4. The van der Waals surface area contributed by atoms with E-state index in [9.17, 15) is 0 Å². The van der Waals surface area contributed by atoms with Crippen molar-refractivity contribution < 1.29 is 4.74 Å². The molecule has 176 valence electrons. The highest BCUT2D eigenvalue weighted by Gasteiger charge is 2.14. The van der Waals surface area contributed by atoms with Gasteiger partial charge < -0.3 is 4.74 Å². The maximum Gasteiger partial charge on any atom is 0.142 e. The van der Waals surface area contributed by atoms with Gasteiger partial charge in [0.2, 0.25) is 0 Å². The second-order valence-corrected chi connectivity index (χ2v) is 9.00. The van der Waals surface area contributed by atoms with E-state index >= 15 is 0 Å². The third-order valence-electron chi connectivity index (χ3n) is 6.53. The molecule has 0 spiro atoms. The minimum absolute atomic E-state index is 0.857. The van der Waals surface area contributed by atoms with E-state index in [1.165, 1.54) is 0 Å². The van der Waals surface area contributed by atoms with Crippen molar-refractivity contribution in [1.29, 1.82) is 0 Å². The minimum Gasteiger partial charge on any atom is -0.455 e. The van der Waals surface area contributed by atoms with Gasteiger partial charge in [-0.05, 0) is 21.9 Å². The smallest absolute Gasteiger partial charge is 0.142 e. The number of rotatable bonds is 6. The fourth-order valence-corrected chi connectivity index (χ4v) is 4.61. The average molecular weight is 475 g/mol. The van der Waals surface area contributed by atoms with Gasteiger partial charge in [0.15, 0.2) is 0 Å². The summed E-state index contributed by atoms with van der Waals surface area (Å²) in [6, 6.07) is 46.1. The molecule has 0 fully saturated rings. The Morgan fingerprint density at radius 2 is 0.757 bits per heavy atom. The fourth-order valence-electron chi connectivity index (χ4n) is 4.61. The highest BCUT2D eigenvalue weighted by atomic mass is 16.5. The monoisotopic (exact) mass is 474 g/mol. The minimum atomic E-state index is 0.857. The molecule has 0 aliphatic rings. The molecule has 6 rings (SSSR count). The summed E-state index contributed by atoms with van der Waals surface area (Å²) in [6.45, 7) is 0. The maximum absolute atomic E-state index is 6.94. The van der Waals surface area contributed by atoms with Gasteiger partial charge in [0, 0.05) is 21.9 Å². The Kier molecular flexibility index (Phi) is 6.34. The van der Waals surface area contributed by atoms with Crippen LogP contribution in [0.4, 0.5) is 0 Å². The predicted molar refractivity (Wildman–Crippen MR) is 159 cm³/mol. The normalized spacial score (nSPS) is 11.6. The SMILES string of the molecule is C(=Cc1ccc2ccccc2c1Oc1c(C=Cc2ccccc2)ccc2ccccc12)c1ccccc1. The van der Waals surface area contributed by atoms with Gasteiger partial charge in [-0.1, -0.05) is 158 Å². The van der Waals surface area contributed by atoms with E-state index in [4.69, 9.17) is 4.74 Å². The Hall–Kier alpha value is -4.88. The molecule has 37 heavy (non-hydrogen) atoms. The van der Waals surface area contributed by atoms with E-state index in [1.807, 2.05) is 12.1 Å². The number of hydrogen-bond donors (Lipinski definition) is 0. The number of hydrogen-bond acceptors (Lipinski definition) is 1. The highest BCUT2D eigenvalue weighted by Crippen LogP contribution is 2.40. The molecule has 1 heteroatoms. The van der Waals surface area contributed by atoms with Crippen molar-refractivity contribution >= 4 is 45.8 Å². The van der Waals surface area contributed by atoms with Crippen molar-refractivity contribution in [1.82, 2.24) is 0 Å². The van der Waals surface area contributed by atoms with E-state index < -0.39 is 0 Å². The molecule has 0 saturated heterocycles. The van der Waals surface area contributed by atoms with Crippen molar-refractivity contribution in [3.8, 4) is 11.5 Å². The summed E-state index contributed by atoms with van der Waals surface area (Å²) in [5.41, 5.74) is 4.37. The molecule has 0 amide bonds. The van der Waals surface area contributed by atoms with Crippen LogP contribution >= 0.6 is 0 Å². The Labute approximate surface area is 217 Å². The Balaban J connectivity index is 1.51. The summed E-state index contributed by atoms with van der Waals surface area (Å²) >= 11 is 0. The Morgan fingerprint density at radius 3 is 1.22 bits per heavy atom. The van der Waals surface area contributed by atoms with Crippen LogP contribution in [0.5, 0.6) is 11.5 Å². The van der Waals surface area contributed by atoms with Crippen molar-refractivity contribution in [3.63, 3.8) is 0 Å². The first-order valence-corrected chi connectivity index (χ1v) is 12.5. The Morgan fingerprint density at radius 1 is 0.351 bits per heavy atom. The molecule has 1 nitrogen and oxygen atoms in total. The number of fused-ring (bicyclic) bond motifs is 2. The molecule has 0 N–H and O–H groups in total. The third kappa shape index (κ3) is 4.94. The van der Waals surface area contributed by atoms with Crippen LogP contribution in [-0.4, -0.2) is 0 Å². The van der Waals surface area contributed by atoms with Crippen LogP contribution in [-0.2, 0) is 0 Å². The molecule has 0 unspecified atom stereocenters. The van der Waals surface area contributed by atoms with E-state index in [-0.39, 0.29) is 0 Å². The van der Waals surface area contributed by atoms with Gasteiger partial charge in [-0.3, -0.25) is 0 Å². The van der Waals surface area contributed by atoms with Gasteiger partial charge in [0.25, 0.3) is 0 Å². The highest BCUT2D eigenvalue weighted by molar-refractivity contribution is 5.96. The van der Waals surface area contributed by atoms with E-state index in [2.05, 4.69) is 146 Å². The molecule has 6 aromatic carbocycles. The summed E-state index contributed by atoms with van der Waals surface area (Å²) in [4.78, 5) is 0. The standard InChI is InChI=1S/C36H26O/c1-3-11-27(12-4-1)19-21-31-25-23-29-15-7-9-17-33(29)35(31)37-36-32(22-20-28-13-5-2-6-14-28)26-24-30-16-8-10-18-34(30)36/h1-26H. The molecule has 0 atom stereocenters. The van der Waals surface area contributed by atoms with E-state index in [1.54, 1.807) is 0 Å². The Bertz CT molecular complexity index is 1600. The van der Waals surface area contributed by atoms with Gasteiger partial charge >= 0.3 is 0 Å². The second-order valence-electron chi connectivity index (χ2n) is 9.00. The summed E-state index contributed by atoms with van der Waals surface area (Å²) in [6.07, 6.45) is 8.55. The zero-order chi connectivity index (χ0) is 24.9. The largest absolute Gasteiger partial charge is 0.455 e. The van der Waals surface area contributed by atoms with E-state index in [0.717, 1.165) is 55.3 Å². The molecule has 0 radical (unpaired) electrons. The number of ether oxygens (including phenoxy) is 1. The molecule has 0 aromatic heterocycles. The molecule has 0 saturated carbocycles. The quantitative estimate of drug-likeness (QED) is 0.218. The zero-order valence-electron chi connectivity index (χ0n) is 20.4. The van der Waals surface area contributed by atoms with Gasteiger partial charge in [-0.15, -0.1) is 0 Å². The van der Waals surface area contributed by atoms with Crippen molar-refractivity contribution in [2.24, 2.45) is 0 Å². The fraction of sp³-hybridized carbons (Fsp3) is 0. The molecule has 0 bridgehead atoms. The van der Waals surface area contributed by atoms with Crippen LogP contribution in [0.1, 0.15) is 22.3 Å². The molecular weight excluding hydrogens is 448 g/mol.